The van der Waals surface area contributed by atoms with E-state index in [9.17, 15) is 9.90 Å². The van der Waals surface area contributed by atoms with E-state index in [-0.39, 0.29) is 17.1 Å². The third-order valence-corrected chi connectivity index (χ3v) is 8.64. The summed E-state index contributed by atoms with van der Waals surface area (Å²) >= 11 is 9.66. The second-order valence-corrected chi connectivity index (χ2v) is 12.4. The Morgan fingerprint density at radius 3 is 2.66 bits per heavy atom. The molecule has 4 rings (SSSR count). The van der Waals surface area contributed by atoms with Crippen LogP contribution in [0.25, 0.3) is 0 Å². The molecule has 2 aromatic carbocycles. The SMILES string of the molecule is COc1cc(C=Nc2sc3c(c2C(=O)Nc2ccc(Cl)cc2)CC[C@H](C(C)(C)C)C3)cc(I)c1O. The molecule has 3 aromatic rings. The summed E-state index contributed by atoms with van der Waals surface area (Å²) in [5, 5.41) is 14.5. The van der Waals surface area contributed by atoms with Crippen LogP contribution in [0.3, 0.4) is 0 Å². The molecule has 1 aliphatic carbocycles. The molecule has 2 N–H and O–H groups in total. The van der Waals surface area contributed by atoms with Gasteiger partial charge in [0.05, 0.1) is 16.2 Å². The van der Waals surface area contributed by atoms with Crippen LogP contribution in [0.2, 0.25) is 5.02 Å². The standard InChI is InChI=1S/C27H28ClIN2O3S/c1-27(2,3)16-5-10-19-22(13-16)35-26(23(19)25(33)31-18-8-6-17(28)7-9-18)30-14-15-11-20(29)24(32)21(12-15)34-4/h6-9,11-12,14,16,32H,5,10,13H2,1-4H3,(H,31,33)/t16-/m0/s1. The molecule has 0 bridgehead atoms. The molecule has 1 amide bonds. The number of carbonyl (C=O) groups is 1. The highest BCUT2D eigenvalue weighted by atomic mass is 127. The summed E-state index contributed by atoms with van der Waals surface area (Å²) in [7, 11) is 1.52. The summed E-state index contributed by atoms with van der Waals surface area (Å²) < 4.78 is 5.95. The number of rotatable bonds is 5. The molecule has 0 spiro atoms. The van der Waals surface area contributed by atoms with Gasteiger partial charge in [-0.25, -0.2) is 4.99 Å². The molecule has 35 heavy (non-hydrogen) atoms. The van der Waals surface area contributed by atoms with Crippen LogP contribution < -0.4 is 10.1 Å². The van der Waals surface area contributed by atoms with Gasteiger partial charge >= 0.3 is 0 Å². The predicted molar refractivity (Wildman–Crippen MR) is 153 cm³/mol. The quantitative estimate of drug-likeness (QED) is 0.225. The number of halogens is 2. The summed E-state index contributed by atoms with van der Waals surface area (Å²) in [6, 6.07) is 10.7. The van der Waals surface area contributed by atoms with Crippen LogP contribution in [0.15, 0.2) is 41.4 Å². The third kappa shape index (κ3) is 5.84. The van der Waals surface area contributed by atoms with Crippen molar-refractivity contribution in [2.75, 3.05) is 12.4 Å². The number of thiophene rings is 1. The summed E-state index contributed by atoms with van der Waals surface area (Å²) in [5.41, 5.74) is 3.43. The Bertz CT molecular complexity index is 1280. The number of anilines is 1. The van der Waals surface area contributed by atoms with Crippen molar-refractivity contribution in [3.05, 3.63) is 66.6 Å². The van der Waals surface area contributed by atoms with Gasteiger partial charge in [0.25, 0.3) is 5.91 Å². The minimum absolute atomic E-state index is 0.105. The van der Waals surface area contributed by atoms with E-state index >= 15 is 0 Å². The van der Waals surface area contributed by atoms with E-state index < -0.39 is 0 Å². The fourth-order valence-electron chi connectivity index (χ4n) is 4.32. The van der Waals surface area contributed by atoms with Crippen LogP contribution in [-0.4, -0.2) is 24.3 Å². The Hall–Kier alpha value is -2.10. The number of phenols is 1. The van der Waals surface area contributed by atoms with Gasteiger partial charge in [0, 0.05) is 21.8 Å². The van der Waals surface area contributed by atoms with Gasteiger partial charge in [-0.2, -0.15) is 0 Å². The number of amides is 1. The van der Waals surface area contributed by atoms with Gasteiger partial charge in [0.15, 0.2) is 11.5 Å². The Morgan fingerprint density at radius 2 is 2.00 bits per heavy atom. The van der Waals surface area contributed by atoms with E-state index in [4.69, 9.17) is 21.3 Å². The first kappa shape index (κ1) is 26.0. The van der Waals surface area contributed by atoms with Crippen LogP contribution in [0, 0.1) is 14.9 Å². The number of ether oxygens (including phenoxy) is 1. The lowest BCUT2D eigenvalue weighted by Gasteiger charge is -2.33. The number of carbonyl (C=O) groups excluding carboxylic acids is 1. The van der Waals surface area contributed by atoms with E-state index in [0.29, 0.717) is 36.5 Å². The molecule has 1 aliphatic rings. The fraction of sp³-hybridized carbons (Fsp3) is 0.333. The zero-order valence-electron chi connectivity index (χ0n) is 20.1. The van der Waals surface area contributed by atoms with Crippen LogP contribution >= 0.6 is 45.5 Å². The smallest absolute Gasteiger partial charge is 0.259 e. The second-order valence-electron chi connectivity index (χ2n) is 9.76. The van der Waals surface area contributed by atoms with Crippen molar-refractivity contribution < 1.29 is 14.6 Å². The van der Waals surface area contributed by atoms with Crippen molar-refractivity contribution in [3.8, 4) is 11.5 Å². The maximum atomic E-state index is 13.5. The molecular weight excluding hydrogens is 595 g/mol. The fourth-order valence-corrected chi connectivity index (χ4v) is 6.34. The first-order chi connectivity index (χ1) is 16.6. The lowest BCUT2D eigenvalue weighted by atomic mass is 9.72. The number of fused-ring (bicyclic) bond motifs is 1. The third-order valence-electron chi connectivity index (χ3n) is 6.40. The molecule has 8 heteroatoms. The number of aliphatic imine (C=N–C) groups is 1. The molecule has 1 atom stereocenters. The molecule has 0 unspecified atom stereocenters. The van der Waals surface area contributed by atoms with Gasteiger partial charge in [-0.3, -0.25) is 4.79 Å². The minimum Gasteiger partial charge on any atom is -0.504 e. The summed E-state index contributed by atoms with van der Waals surface area (Å²) in [6.07, 6.45) is 4.58. The second kappa shape index (κ2) is 10.5. The highest BCUT2D eigenvalue weighted by molar-refractivity contribution is 14.1. The lowest BCUT2D eigenvalue weighted by Crippen LogP contribution is -2.27. The molecule has 0 saturated carbocycles. The van der Waals surface area contributed by atoms with E-state index in [1.54, 1.807) is 47.9 Å². The van der Waals surface area contributed by atoms with E-state index in [0.717, 1.165) is 30.4 Å². The minimum atomic E-state index is -0.163. The summed E-state index contributed by atoms with van der Waals surface area (Å²) in [4.78, 5) is 19.5. The molecule has 5 nitrogen and oxygen atoms in total. The Morgan fingerprint density at radius 1 is 1.29 bits per heavy atom. The molecule has 0 fully saturated rings. The van der Waals surface area contributed by atoms with E-state index in [1.165, 1.54) is 12.0 Å². The van der Waals surface area contributed by atoms with E-state index in [1.807, 2.05) is 6.07 Å². The summed E-state index contributed by atoms with van der Waals surface area (Å²) in [5.74, 6) is 0.885. The highest BCUT2D eigenvalue weighted by Gasteiger charge is 2.33. The number of phenolic OH excluding ortho intramolecular Hbond substituents is 1. The van der Waals surface area contributed by atoms with Gasteiger partial charge in [0.2, 0.25) is 0 Å². The summed E-state index contributed by atoms with van der Waals surface area (Å²) in [6.45, 7) is 6.84. The predicted octanol–water partition coefficient (Wildman–Crippen LogP) is 7.87. The molecule has 184 valence electrons. The van der Waals surface area contributed by atoms with Gasteiger partial charge < -0.3 is 15.2 Å². The zero-order valence-corrected chi connectivity index (χ0v) is 23.8. The zero-order chi connectivity index (χ0) is 25.3. The normalized spacial score (nSPS) is 15.8. The van der Waals surface area contributed by atoms with Crippen molar-refractivity contribution in [1.82, 2.24) is 0 Å². The molecule has 0 aliphatic heterocycles. The van der Waals surface area contributed by atoms with Crippen LogP contribution in [0.4, 0.5) is 10.7 Å². The largest absolute Gasteiger partial charge is 0.504 e. The Kier molecular flexibility index (Phi) is 7.78. The van der Waals surface area contributed by atoms with Crippen molar-refractivity contribution in [3.63, 3.8) is 0 Å². The number of nitrogens with one attached hydrogen (secondary N) is 1. The first-order valence-corrected chi connectivity index (χ1v) is 13.7. The van der Waals surface area contributed by atoms with Crippen LogP contribution in [-0.2, 0) is 12.8 Å². The monoisotopic (exact) mass is 622 g/mol. The number of nitrogens with zero attached hydrogens (tertiary/aromatic N) is 1. The van der Waals surface area contributed by atoms with Gasteiger partial charge in [-0.1, -0.05) is 32.4 Å². The van der Waals surface area contributed by atoms with Crippen molar-refractivity contribution >= 4 is 68.3 Å². The average Bonchev–Trinajstić information content (AvgIpc) is 3.18. The number of hydrogen-bond acceptors (Lipinski definition) is 5. The molecule has 0 saturated heterocycles. The number of aromatic hydroxyl groups is 1. The van der Waals surface area contributed by atoms with Crippen molar-refractivity contribution in [2.45, 2.75) is 40.0 Å². The molecule has 0 radical (unpaired) electrons. The van der Waals surface area contributed by atoms with Crippen LogP contribution in [0.1, 0.15) is 53.6 Å². The lowest BCUT2D eigenvalue weighted by molar-refractivity contribution is 0.102. The highest BCUT2D eigenvalue weighted by Crippen LogP contribution is 2.45. The molecular formula is C27H28ClIN2O3S. The van der Waals surface area contributed by atoms with Gasteiger partial charge in [-0.05, 0) is 101 Å². The Labute approximate surface area is 228 Å². The Balaban J connectivity index is 1.72. The van der Waals surface area contributed by atoms with Crippen molar-refractivity contribution in [1.29, 1.82) is 0 Å². The number of benzene rings is 2. The number of hydrogen-bond donors (Lipinski definition) is 2. The maximum absolute atomic E-state index is 13.5. The van der Waals surface area contributed by atoms with Gasteiger partial charge in [0.1, 0.15) is 5.00 Å². The number of methoxy groups -OCH3 is 1. The molecule has 1 aromatic heterocycles. The first-order valence-electron chi connectivity index (χ1n) is 11.4. The van der Waals surface area contributed by atoms with E-state index in [2.05, 4.69) is 48.7 Å². The van der Waals surface area contributed by atoms with Gasteiger partial charge in [-0.15, -0.1) is 11.3 Å². The van der Waals surface area contributed by atoms with Crippen LogP contribution in [0.5, 0.6) is 11.5 Å². The average molecular weight is 623 g/mol. The molecule has 1 heterocycles. The van der Waals surface area contributed by atoms with Crippen molar-refractivity contribution in [2.24, 2.45) is 16.3 Å². The maximum Gasteiger partial charge on any atom is 0.259 e. The topological polar surface area (TPSA) is 70.9 Å².